The summed E-state index contributed by atoms with van der Waals surface area (Å²) in [6.07, 6.45) is 5.27. The smallest absolute Gasteiger partial charge is 0.191 e. The number of aryl methyl sites for hydroxylation is 1. The third-order valence-electron chi connectivity index (χ3n) is 2.85. The molecule has 22 heavy (non-hydrogen) atoms. The van der Waals surface area contributed by atoms with Gasteiger partial charge >= 0.3 is 0 Å². The Kier molecular flexibility index (Phi) is 13.9. The van der Waals surface area contributed by atoms with Crippen LogP contribution in [0.3, 0.4) is 0 Å². The Morgan fingerprint density at radius 2 is 2.09 bits per heavy atom. The van der Waals surface area contributed by atoms with Gasteiger partial charge in [0.25, 0.3) is 0 Å². The Labute approximate surface area is 155 Å². The second-order valence-electron chi connectivity index (χ2n) is 4.66. The van der Waals surface area contributed by atoms with Gasteiger partial charge in [0.05, 0.1) is 13.2 Å². The molecule has 1 aromatic heterocycles. The lowest BCUT2D eigenvalue weighted by Gasteiger charge is -2.11. The quantitative estimate of drug-likeness (QED) is 0.254. The van der Waals surface area contributed by atoms with Crippen LogP contribution in [0.15, 0.2) is 11.2 Å². The Morgan fingerprint density at radius 1 is 1.27 bits per heavy atom. The van der Waals surface area contributed by atoms with Crippen molar-refractivity contribution in [1.29, 1.82) is 0 Å². The third kappa shape index (κ3) is 9.58. The Balaban J connectivity index is 0.00000441. The molecule has 0 unspecified atom stereocenters. The summed E-state index contributed by atoms with van der Waals surface area (Å²) in [6.45, 7) is 10.2. The summed E-state index contributed by atoms with van der Waals surface area (Å²) >= 11 is 1.73. The van der Waals surface area contributed by atoms with Crippen molar-refractivity contribution in [2.75, 3.05) is 26.3 Å². The maximum atomic E-state index is 5.53. The van der Waals surface area contributed by atoms with Crippen LogP contribution in [0.1, 0.15) is 43.5 Å². The van der Waals surface area contributed by atoms with E-state index in [1.807, 2.05) is 6.20 Å². The van der Waals surface area contributed by atoms with E-state index < -0.39 is 0 Å². The Bertz CT molecular complexity index is 412. The van der Waals surface area contributed by atoms with Gasteiger partial charge in [0.15, 0.2) is 5.96 Å². The summed E-state index contributed by atoms with van der Waals surface area (Å²) < 4.78 is 5.53. The number of unbranched alkanes of at least 4 members (excludes halogenated alkanes) is 1. The number of ether oxygens (including phenoxy) is 1. The SMILES string of the molecule is CCCCOCCNC(=NCc1ncc(CC)s1)NCC.I. The van der Waals surface area contributed by atoms with Crippen LogP contribution in [0.5, 0.6) is 0 Å². The van der Waals surface area contributed by atoms with Crippen LogP contribution >= 0.6 is 35.3 Å². The number of rotatable bonds is 10. The van der Waals surface area contributed by atoms with Gasteiger partial charge in [0, 0.05) is 30.8 Å². The van der Waals surface area contributed by atoms with Gasteiger partial charge in [-0.1, -0.05) is 20.3 Å². The molecule has 0 aliphatic carbocycles. The molecule has 0 saturated heterocycles. The zero-order valence-corrected chi connectivity index (χ0v) is 17.0. The zero-order chi connectivity index (χ0) is 15.3. The van der Waals surface area contributed by atoms with Crippen molar-refractivity contribution in [3.63, 3.8) is 0 Å². The first-order chi connectivity index (χ1) is 10.3. The van der Waals surface area contributed by atoms with E-state index in [1.165, 1.54) is 11.3 Å². The van der Waals surface area contributed by atoms with Crippen molar-refractivity contribution in [2.24, 2.45) is 4.99 Å². The second kappa shape index (κ2) is 14.2. The lowest BCUT2D eigenvalue weighted by atomic mass is 10.4. The van der Waals surface area contributed by atoms with Crippen molar-refractivity contribution < 1.29 is 4.74 Å². The molecule has 0 bridgehead atoms. The average molecular weight is 440 g/mol. The number of aliphatic imine (C=N–C) groups is 1. The molecule has 1 rings (SSSR count). The number of aromatic nitrogens is 1. The monoisotopic (exact) mass is 440 g/mol. The van der Waals surface area contributed by atoms with Gasteiger partial charge in [0.1, 0.15) is 5.01 Å². The number of hydrogen-bond acceptors (Lipinski definition) is 4. The van der Waals surface area contributed by atoms with Crippen LogP contribution in [-0.4, -0.2) is 37.2 Å². The molecule has 7 heteroatoms. The van der Waals surface area contributed by atoms with E-state index in [4.69, 9.17) is 4.74 Å². The lowest BCUT2D eigenvalue weighted by Crippen LogP contribution is -2.39. The minimum absolute atomic E-state index is 0. The predicted molar refractivity (Wildman–Crippen MR) is 105 cm³/mol. The highest BCUT2D eigenvalue weighted by molar-refractivity contribution is 14.0. The van der Waals surface area contributed by atoms with Crippen LogP contribution in [0.2, 0.25) is 0 Å². The number of guanidine groups is 1. The minimum Gasteiger partial charge on any atom is -0.380 e. The van der Waals surface area contributed by atoms with E-state index in [2.05, 4.69) is 41.4 Å². The molecular formula is C15H29IN4OS. The van der Waals surface area contributed by atoms with Crippen LogP contribution in [0, 0.1) is 0 Å². The molecule has 1 heterocycles. The number of hydrogen-bond donors (Lipinski definition) is 2. The topological polar surface area (TPSA) is 58.5 Å². The molecule has 0 spiro atoms. The largest absolute Gasteiger partial charge is 0.380 e. The van der Waals surface area contributed by atoms with E-state index in [0.717, 1.165) is 43.5 Å². The number of thiazole rings is 1. The summed E-state index contributed by atoms with van der Waals surface area (Å²) in [4.78, 5) is 10.2. The molecule has 5 nitrogen and oxygen atoms in total. The lowest BCUT2D eigenvalue weighted by molar-refractivity contribution is 0.136. The molecule has 0 radical (unpaired) electrons. The van der Waals surface area contributed by atoms with Crippen molar-refractivity contribution >= 4 is 41.3 Å². The van der Waals surface area contributed by atoms with Crippen LogP contribution in [0.25, 0.3) is 0 Å². The zero-order valence-electron chi connectivity index (χ0n) is 13.9. The van der Waals surface area contributed by atoms with Crippen LogP contribution in [0.4, 0.5) is 0 Å². The molecule has 0 aliphatic heterocycles. The highest BCUT2D eigenvalue weighted by atomic mass is 127. The molecule has 1 aromatic rings. The Hall–Kier alpha value is -0.410. The van der Waals surface area contributed by atoms with Crippen molar-refractivity contribution in [1.82, 2.24) is 15.6 Å². The standard InChI is InChI=1S/C15H28N4OS.HI/c1-4-7-9-20-10-8-17-15(16-6-3)19-12-14-18-11-13(5-2)21-14;/h11H,4-10,12H2,1-3H3,(H2,16,17,19);1H. The van der Waals surface area contributed by atoms with Crippen LogP contribution < -0.4 is 10.6 Å². The number of nitrogens with zero attached hydrogens (tertiary/aromatic N) is 2. The first kappa shape index (κ1) is 21.6. The third-order valence-corrected chi connectivity index (χ3v) is 3.97. The van der Waals surface area contributed by atoms with E-state index in [-0.39, 0.29) is 24.0 Å². The molecule has 0 fully saturated rings. The molecule has 0 amide bonds. The van der Waals surface area contributed by atoms with Crippen molar-refractivity contribution in [3.8, 4) is 0 Å². The molecule has 0 saturated carbocycles. The normalized spacial score (nSPS) is 11.1. The van der Waals surface area contributed by atoms with E-state index in [0.29, 0.717) is 13.2 Å². The molecule has 128 valence electrons. The van der Waals surface area contributed by atoms with Crippen molar-refractivity contribution in [2.45, 2.75) is 46.6 Å². The molecule has 0 atom stereocenters. The highest BCUT2D eigenvalue weighted by Crippen LogP contribution is 2.13. The van der Waals surface area contributed by atoms with E-state index in [9.17, 15) is 0 Å². The van der Waals surface area contributed by atoms with E-state index in [1.54, 1.807) is 11.3 Å². The van der Waals surface area contributed by atoms with Crippen LogP contribution in [-0.2, 0) is 17.7 Å². The first-order valence-electron chi connectivity index (χ1n) is 7.83. The molecule has 2 N–H and O–H groups in total. The van der Waals surface area contributed by atoms with Gasteiger partial charge in [0.2, 0.25) is 0 Å². The van der Waals surface area contributed by atoms with Gasteiger partial charge in [-0.05, 0) is 19.8 Å². The maximum Gasteiger partial charge on any atom is 0.191 e. The van der Waals surface area contributed by atoms with Gasteiger partial charge in [-0.2, -0.15) is 0 Å². The maximum absolute atomic E-state index is 5.53. The van der Waals surface area contributed by atoms with Gasteiger partial charge in [-0.25, -0.2) is 9.98 Å². The van der Waals surface area contributed by atoms with Gasteiger partial charge in [-0.15, -0.1) is 35.3 Å². The average Bonchev–Trinajstić information content (AvgIpc) is 2.96. The highest BCUT2D eigenvalue weighted by Gasteiger charge is 2.01. The number of halogens is 1. The fraction of sp³-hybridized carbons (Fsp3) is 0.733. The molecule has 0 aromatic carbocycles. The Morgan fingerprint density at radius 3 is 2.73 bits per heavy atom. The minimum atomic E-state index is 0. The fourth-order valence-corrected chi connectivity index (χ4v) is 2.45. The summed E-state index contributed by atoms with van der Waals surface area (Å²) in [5, 5.41) is 7.57. The molecule has 0 aliphatic rings. The predicted octanol–water partition coefficient (Wildman–Crippen LogP) is 3.20. The second-order valence-corrected chi connectivity index (χ2v) is 5.86. The van der Waals surface area contributed by atoms with Gasteiger partial charge in [-0.3, -0.25) is 0 Å². The van der Waals surface area contributed by atoms with Gasteiger partial charge < -0.3 is 15.4 Å². The fourth-order valence-electron chi connectivity index (χ4n) is 1.66. The molecular weight excluding hydrogens is 411 g/mol. The summed E-state index contributed by atoms with van der Waals surface area (Å²) in [5.74, 6) is 0.824. The summed E-state index contributed by atoms with van der Waals surface area (Å²) in [5.41, 5.74) is 0. The summed E-state index contributed by atoms with van der Waals surface area (Å²) in [6, 6.07) is 0. The van der Waals surface area contributed by atoms with E-state index >= 15 is 0 Å². The summed E-state index contributed by atoms with van der Waals surface area (Å²) in [7, 11) is 0. The number of nitrogens with one attached hydrogen (secondary N) is 2. The van der Waals surface area contributed by atoms with Crippen molar-refractivity contribution in [3.05, 3.63) is 16.1 Å². The first-order valence-corrected chi connectivity index (χ1v) is 8.65.